The molecule has 0 spiro atoms. The minimum Gasteiger partial charge on any atom is -0.388 e. The number of nitrogens with one attached hydrogen (secondary N) is 1. The molecule has 0 saturated carbocycles. The predicted molar refractivity (Wildman–Crippen MR) is 442 cm³/mol. The number of unbranched alkanes of at least 4 members (excludes halogenated alkanes) is 2. The highest BCUT2D eigenvalue weighted by atomic mass is 15.3. The van der Waals surface area contributed by atoms with E-state index in [4.69, 9.17) is 22.6 Å². The van der Waals surface area contributed by atoms with Gasteiger partial charge in [-0.25, -0.2) is 0 Å². The molecule has 0 radical (unpaired) electrons. The number of guanidine groups is 1. The van der Waals surface area contributed by atoms with Gasteiger partial charge in [0, 0.05) is 98.2 Å². The standard InChI is InChI=1S/2C15H23N3.C14H21N.2C12H16N2.C11H15N.C11H14.CH4/c1-12-4-5-15-11-18(9-6-14(15)10-12)8-3-7-17-13(2)16;1-3-4-8-17-15(16)18-9-7-13-10-12(2)5-6-14(13)11-18;1-3-4-8-15-9-7-13-10-12(2)5-6-14(13)11-15;1-9-3-4-12-8-14(10(2)13)6-5-11(12)7-9;1-9-3-4-11-5-6-14(10(2)13)8-12(11)7-9;1-9-3-4-11-8-12(2)6-5-10(11)7-9;1-9-6-7-10-4-2-3-5-11(10)8-9;/h4-5,10H,3,6-9,11H2,1-2H3,(H2,16,17);5-6,10H,3-4,7-9,11H2,1-2H3,(H2,16,17);5-6,10H,3-4,7-9,11H2,1-2H3;3-4,7,13H,5-6,8H2,1-2H3;3-4,7H,2,5-6,8,13H2,1H3;3-4,7H,5-6,8H2,1-2H3;6-8H,2-5H2,1H3;1H4. The molecular formula is C91H132N12. The fraction of sp³-hybridized carbons (Fsp3) is 0.484. The second-order valence-electron chi connectivity index (χ2n) is 30.1. The highest BCUT2D eigenvalue weighted by molar-refractivity contribution is 5.78. The van der Waals surface area contributed by atoms with E-state index in [1.54, 1.807) is 27.8 Å². The van der Waals surface area contributed by atoms with Gasteiger partial charge in [-0.2, -0.15) is 0 Å². The Kier molecular flexibility index (Phi) is 33.6. The number of hydrogen-bond donors (Lipinski definition) is 4. The molecule has 0 amide bonds. The summed E-state index contributed by atoms with van der Waals surface area (Å²) in [4.78, 5) is 22.6. The van der Waals surface area contributed by atoms with Gasteiger partial charge in [-0.05, 0) is 237 Å². The second kappa shape index (κ2) is 42.1. The fourth-order valence-corrected chi connectivity index (χ4v) is 14.7. The molecule has 1 aliphatic carbocycles. The molecule has 7 N–H and O–H groups in total. The van der Waals surface area contributed by atoms with Crippen LogP contribution in [0, 0.1) is 53.9 Å². The zero-order valence-corrected chi connectivity index (χ0v) is 65.1. The number of aryl methyl sites for hydroxylation is 9. The lowest BCUT2D eigenvalue weighted by Gasteiger charge is -2.30. The second-order valence-corrected chi connectivity index (χ2v) is 30.1. The SMILES string of the molecule is C.C=C(N)N1CCc2ccc(C)cc2C1.CC(=N)N1CCc2cc(C)ccc2C1.CC(N)=NCCCN1CCc2cc(C)ccc2C1.CCCCN1CCc2cc(C)ccc2C1.CCCCN=C(N)N1CCc2cc(C)ccc2C1.Cc1ccc2c(c1)CCCC2.Cc1ccc2c(c1)CCN(C)C2. The summed E-state index contributed by atoms with van der Waals surface area (Å²) < 4.78 is 0. The largest absolute Gasteiger partial charge is 0.388 e. The summed E-state index contributed by atoms with van der Waals surface area (Å²) in [7, 11) is 2.18. The molecule has 7 aliphatic rings. The van der Waals surface area contributed by atoms with E-state index in [1.165, 1.54) is 179 Å². The first-order valence-corrected chi connectivity index (χ1v) is 38.6. The third-order valence-corrected chi connectivity index (χ3v) is 20.9. The van der Waals surface area contributed by atoms with Crippen LogP contribution in [-0.4, -0.2) is 120 Å². The minimum atomic E-state index is 0. The molecule has 6 heterocycles. The Balaban J connectivity index is 0.000000169. The highest BCUT2D eigenvalue weighted by Crippen LogP contribution is 2.27. The number of likely N-dealkylation sites (N-methyl/N-ethyl adjacent to an activating group) is 1. The molecule has 0 aromatic heterocycles. The smallest absolute Gasteiger partial charge is 0.191 e. The molecule has 7 aromatic rings. The zero-order chi connectivity index (χ0) is 73.1. The van der Waals surface area contributed by atoms with Gasteiger partial charge in [0.25, 0.3) is 0 Å². The van der Waals surface area contributed by atoms with E-state index < -0.39 is 0 Å². The number of nitrogens with two attached hydrogens (primary N) is 3. The first-order chi connectivity index (χ1) is 49.1. The van der Waals surface area contributed by atoms with Crippen molar-refractivity contribution in [2.24, 2.45) is 27.2 Å². The Bertz CT molecular complexity index is 3890. The molecule has 0 bridgehead atoms. The molecule has 0 unspecified atom stereocenters. The number of nitrogens with zero attached hydrogens (tertiary/aromatic N) is 8. The first kappa shape index (κ1) is 82.3. The average Bonchev–Trinajstić information content (AvgIpc) is 0.852. The number of fused-ring (bicyclic) bond motifs is 7. The Morgan fingerprint density at radius 3 is 1.16 bits per heavy atom. The van der Waals surface area contributed by atoms with Crippen LogP contribution in [0.1, 0.15) is 197 Å². The van der Waals surface area contributed by atoms with Gasteiger partial charge in [0.2, 0.25) is 0 Å². The van der Waals surface area contributed by atoms with Gasteiger partial charge in [-0.15, -0.1) is 0 Å². The van der Waals surface area contributed by atoms with Crippen molar-refractivity contribution in [3.63, 3.8) is 0 Å². The van der Waals surface area contributed by atoms with E-state index in [1.807, 2.05) is 13.8 Å². The summed E-state index contributed by atoms with van der Waals surface area (Å²) in [5, 5.41) is 7.60. The van der Waals surface area contributed by atoms with Gasteiger partial charge >= 0.3 is 0 Å². The van der Waals surface area contributed by atoms with Gasteiger partial charge in [0.05, 0.1) is 17.5 Å². The van der Waals surface area contributed by atoms with Crippen LogP contribution in [0.15, 0.2) is 150 Å². The summed E-state index contributed by atoms with van der Waals surface area (Å²) in [6.45, 7) is 43.8. The van der Waals surface area contributed by atoms with E-state index in [0.717, 1.165) is 111 Å². The predicted octanol–water partition coefficient (Wildman–Crippen LogP) is 17.4. The molecule has 14 rings (SSSR count). The van der Waals surface area contributed by atoms with Gasteiger partial charge in [0.1, 0.15) is 0 Å². The minimum absolute atomic E-state index is 0. The Morgan fingerprint density at radius 2 is 0.709 bits per heavy atom. The number of benzene rings is 7. The topological polar surface area (TPSA) is 146 Å². The van der Waals surface area contributed by atoms with Crippen molar-refractivity contribution in [3.05, 3.63) is 257 Å². The number of hydrogen-bond acceptors (Lipinski definition) is 8. The van der Waals surface area contributed by atoms with Gasteiger partial charge in [-0.1, -0.05) is 207 Å². The lowest BCUT2D eigenvalue weighted by atomic mass is 9.91. The number of rotatable bonds is 11. The third-order valence-electron chi connectivity index (χ3n) is 20.9. The third kappa shape index (κ3) is 26.9. The van der Waals surface area contributed by atoms with Crippen molar-refractivity contribution in [2.75, 3.05) is 72.5 Å². The van der Waals surface area contributed by atoms with Crippen LogP contribution in [0.3, 0.4) is 0 Å². The Labute approximate surface area is 624 Å². The van der Waals surface area contributed by atoms with Crippen molar-refractivity contribution in [3.8, 4) is 0 Å². The molecular weight excluding hydrogens is 1260 g/mol. The van der Waals surface area contributed by atoms with Crippen LogP contribution < -0.4 is 17.2 Å². The van der Waals surface area contributed by atoms with Crippen LogP contribution in [-0.2, 0) is 90.6 Å². The molecule has 12 nitrogen and oxygen atoms in total. The van der Waals surface area contributed by atoms with Gasteiger partial charge < -0.3 is 36.8 Å². The highest BCUT2D eigenvalue weighted by Gasteiger charge is 2.21. The summed E-state index contributed by atoms with van der Waals surface area (Å²) >= 11 is 0. The fourth-order valence-electron chi connectivity index (χ4n) is 14.7. The molecule has 0 atom stereocenters. The van der Waals surface area contributed by atoms with E-state index >= 15 is 0 Å². The van der Waals surface area contributed by atoms with Crippen LogP contribution in [0.4, 0.5) is 0 Å². The zero-order valence-electron chi connectivity index (χ0n) is 65.1. The van der Waals surface area contributed by atoms with Gasteiger partial charge in [0.15, 0.2) is 5.96 Å². The summed E-state index contributed by atoms with van der Waals surface area (Å²) in [6.07, 6.45) is 18.2. The molecule has 0 saturated heterocycles. The molecule has 103 heavy (non-hydrogen) atoms. The lowest BCUT2D eigenvalue weighted by Crippen LogP contribution is -2.41. The monoisotopic (exact) mass is 1390 g/mol. The van der Waals surface area contributed by atoms with Crippen molar-refractivity contribution < 1.29 is 0 Å². The Hall–Kier alpha value is -8.03. The lowest BCUT2D eigenvalue weighted by molar-refractivity contribution is 0.250. The summed E-state index contributed by atoms with van der Waals surface area (Å²) in [6, 6.07) is 47.3. The maximum Gasteiger partial charge on any atom is 0.191 e. The van der Waals surface area contributed by atoms with E-state index in [-0.39, 0.29) is 7.43 Å². The summed E-state index contributed by atoms with van der Waals surface area (Å²) in [5.41, 5.74) is 47.7. The first-order valence-electron chi connectivity index (χ1n) is 38.6. The van der Waals surface area contributed by atoms with Crippen molar-refractivity contribution >= 4 is 17.6 Å². The van der Waals surface area contributed by atoms with Crippen molar-refractivity contribution in [1.82, 2.24) is 29.4 Å². The quantitative estimate of drug-likeness (QED) is 0.0565. The van der Waals surface area contributed by atoms with E-state index in [2.05, 4.69) is 243 Å². The average molecular weight is 1390 g/mol. The molecule has 6 aliphatic heterocycles. The maximum atomic E-state index is 7.60. The number of amidine groups is 2. The van der Waals surface area contributed by atoms with Crippen LogP contribution >= 0.6 is 0 Å². The van der Waals surface area contributed by atoms with Gasteiger partial charge in [-0.3, -0.25) is 25.2 Å². The molecule has 12 heteroatoms. The normalized spacial score (nSPS) is 15.9. The van der Waals surface area contributed by atoms with E-state index in [9.17, 15) is 0 Å². The van der Waals surface area contributed by atoms with Crippen LogP contribution in [0.2, 0.25) is 0 Å². The molecule has 7 aromatic carbocycles. The van der Waals surface area contributed by atoms with E-state index in [0.29, 0.717) is 23.5 Å². The van der Waals surface area contributed by atoms with Crippen LogP contribution in [0.25, 0.3) is 0 Å². The summed E-state index contributed by atoms with van der Waals surface area (Å²) in [5.74, 6) is 2.75. The van der Waals surface area contributed by atoms with Crippen molar-refractivity contribution in [2.45, 2.75) is 219 Å². The van der Waals surface area contributed by atoms with Crippen molar-refractivity contribution in [1.29, 1.82) is 5.41 Å². The molecule has 0 fully saturated rings. The number of aliphatic imine (C=N–C) groups is 2. The van der Waals surface area contributed by atoms with Crippen LogP contribution in [0.5, 0.6) is 0 Å². The maximum absolute atomic E-state index is 7.60. The Morgan fingerprint density at radius 1 is 0.379 bits per heavy atom. The molecule has 556 valence electrons.